The van der Waals surface area contributed by atoms with Gasteiger partial charge in [0.2, 0.25) is 0 Å². The zero-order valence-corrected chi connectivity index (χ0v) is 5.38. The van der Waals surface area contributed by atoms with Gasteiger partial charge in [-0.2, -0.15) is 0 Å². The molecule has 1 aromatic rings. The Morgan fingerprint density at radius 2 is 2.44 bits per heavy atom. The van der Waals surface area contributed by atoms with Gasteiger partial charge in [-0.15, -0.1) is 0 Å². The third-order valence-electron chi connectivity index (χ3n) is 0.856. The Hall–Kier alpha value is -0.970. The van der Waals surface area contributed by atoms with E-state index < -0.39 is 5.69 Å². The predicted octanol–water partition coefficient (Wildman–Crippen LogP) is -0.482. The number of hydrogen-bond acceptors (Lipinski definition) is 4. The Balaban J connectivity index is 3.43. The largest absolute Gasteiger partial charge is 0.384 e. The first kappa shape index (κ1) is 6.15. The molecule has 1 heterocycles. The number of aromatic nitrogens is 2. The van der Waals surface area contributed by atoms with Crippen LogP contribution in [0, 0.1) is 0 Å². The van der Waals surface area contributed by atoms with Crippen molar-refractivity contribution in [2.75, 3.05) is 5.73 Å². The van der Waals surface area contributed by atoms with Gasteiger partial charge in [0.15, 0.2) is 0 Å². The minimum absolute atomic E-state index is 0.290. The van der Waals surface area contributed by atoms with Gasteiger partial charge < -0.3 is 5.73 Å². The Kier molecular flexibility index (Phi) is 1.44. The van der Waals surface area contributed by atoms with E-state index in [1.807, 2.05) is 0 Å². The number of hydrogen-bond donors (Lipinski definition) is 2. The normalized spacial score (nSPS) is 9.44. The molecule has 0 aliphatic carbocycles. The number of anilines is 1. The van der Waals surface area contributed by atoms with E-state index >= 15 is 0 Å². The first-order valence-corrected chi connectivity index (χ1v) is 2.64. The van der Waals surface area contributed by atoms with E-state index in [0.29, 0.717) is 5.82 Å². The van der Waals surface area contributed by atoms with Gasteiger partial charge >= 0.3 is 5.69 Å². The molecular formula is C4H5N3OS. The molecule has 0 bridgehead atoms. The highest BCUT2D eigenvalue weighted by Crippen LogP contribution is 1.94. The highest BCUT2D eigenvalue weighted by molar-refractivity contribution is 7.78. The van der Waals surface area contributed by atoms with Gasteiger partial charge in [0, 0.05) is 6.20 Å². The summed E-state index contributed by atoms with van der Waals surface area (Å²) >= 11 is 3.73. The third kappa shape index (κ3) is 1.05. The topological polar surface area (TPSA) is 60.9 Å². The number of thiol groups is 1. The van der Waals surface area contributed by atoms with Crippen molar-refractivity contribution >= 4 is 18.6 Å². The van der Waals surface area contributed by atoms with Crippen LogP contribution in [0.15, 0.2) is 17.1 Å². The molecule has 0 fully saturated rings. The molecule has 0 saturated carbocycles. The van der Waals surface area contributed by atoms with Crippen molar-refractivity contribution in [3.05, 3.63) is 22.7 Å². The van der Waals surface area contributed by atoms with Crippen LogP contribution in [0.1, 0.15) is 0 Å². The van der Waals surface area contributed by atoms with Crippen molar-refractivity contribution in [1.82, 2.24) is 8.96 Å². The zero-order chi connectivity index (χ0) is 6.85. The Morgan fingerprint density at radius 3 is 2.89 bits per heavy atom. The lowest BCUT2D eigenvalue weighted by Crippen LogP contribution is -2.17. The maximum absolute atomic E-state index is 10.5. The molecule has 1 rings (SSSR count). The van der Waals surface area contributed by atoms with Crippen molar-refractivity contribution in [2.45, 2.75) is 0 Å². The van der Waals surface area contributed by atoms with Crippen LogP contribution in [-0.4, -0.2) is 8.96 Å². The van der Waals surface area contributed by atoms with Crippen LogP contribution in [-0.2, 0) is 0 Å². The standard InChI is InChI=1S/C4H5N3OS/c5-3-1-2-6-4(8)7(3)9/h1-2,9H,5H2. The van der Waals surface area contributed by atoms with Crippen molar-refractivity contribution in [2.24, 2.45) is 0 Å². The molecule has 1 aromatic heterocycles. The average molecular weight is 143 g/mol. The lowest BCUT2D eigenvalue weighted by molar-refractivity contribution is 1.04. The summed E-state index contributed by atoms with van der Waals surface area (Å²) in [5.74, 6) is 0.290. The Labute approximate surface area is 56.9 Å². The van der Waals surface area contributed by atoms with Crippen LogP contribution < -0.4 is 11.4 Å². The number of nitrogens with zero attached hydrogens (tertiary/aromatic N) is 2. The minimum Gasteiger partial charge on any atom is -0.384 e. The lowest BCUT2D eigenvalue weighted by atomic mass is 10.6. The zero-order valence-electron chi connectivity index (χ0n) is 4.48. The second-order valence-corrected chi connectivity index (χ2v) is 1.86. The van der Waals surface area contributed by atoms with Gasteiger partial charge in [0.05, 0.1) is 0 Å². The van der Waals surface area contributed by atoms with E-state index in [9.17, 15) is 4.79 Å². The maximum Gasteiger partial charge on any atom is 0.359 e. The fourth-order valence-electron chi connectivity index (χ4n) is 0.413. The van der Waals surface area contributed by atoms with Crippen LogP contribution >= 0.6 is 12.8 Å². The summed E-state index contributed by atoms with van der Waals surface area (Å²) < 4.78 is 0.972. The van der Waals surface area contributed by atoms with Crippen LogP contribution in [0.4, 0.5) is 5.82 Å². The molecule has 0 radical (unpaired) electrons. The lowest BCUT2D eigenvalue weighted by Gasteiger charge is -1.95. The molecule has 0 saturated heterocycles. The summed E-state index contributed by atoms with van der Waals surface area (Å²) in [5, 5.41) is 0. The van der Waals surface area contributed by atoms with Crippen molar-refractivity contribution in [3.63, 3.8) is 0 Å². The Morgan fingerprint density at radius 1 is 1.78 bits per heavy atom. The highest BCUT2D eigenvalue weighted by Gasteiger charge is 1.91. The fraction of sp³-hybridized carbons (Fsp3) is 0. The van der Waals surface area contributed by atoms with E-state index in [-0.39, 0.29) is 0 Å². The molecule has 0 aliphatic rings. The van der Waals surface area contributed by atoms with E-state index in [1.54, 1.807) is 0 Å². The average Bonchev–Trinajstić information content (AvgIpc) is 1.83. The van der Waals surface area contributed by atoms with Gasteiger partial charge in [0.25, 0.3) is 0 Å². The summed E-state index contributed by atoms with van der Waals surface area (Å²) in [6.45, 7) is 0. The summed E-state index contributed by atoms with van der Waals surface area (Å²) in [5.41, 5.74) is 4.81. The molecule has 0 amide bonds. The second kappa shape index (κ2) is 2.10. The molecule has 0 spiro atoms. The molecule has 4 nitrogen and oxygen atoms in total. The maximum atomic E-state index is 10.5. The van der Waals surface area contributed by atoms with Crippen LogP contribution in [0.5, 0.6) is 0 Å². The van der Waals surface area contributed by atoms with Crippen LogP contribution in [0.25, 0.3) is 0 Å². The number of nitrogen functional groups attached to an aromatic ring is 1. The molecule has 2 N–H and O–H groups in total. The monoisotopic (exact) mass is 143 g/mol. The van der Waals surface area contributed by atoms with Crippen LogP contribution in [0.3, 0.4) is 0 Å². The Bertz CT molecular complexity index is 269. The summed E-state index contributed by atoms with van der Waals surface area (Å²) in [7, 11) is 0. The first-order chi connectivity index (χ1) is 4.22. The molecule has 48 valence electrons. The van der Waals surface area contributed by atoms with Gasteiger partial charge in [-0.25, -0.2) is 13.8 Å². The summed E-state index contributed by atoms with van der Waals surface area (Å²) in [6, 6.07) is 1.49. The predicted molar refractivity (Wildman–Crippen MR) is 37.3 cm³/mol. The molecule has 0 aliphatic heterocycles. The highest BCUT2D eigenvalue weighted by atomic mass is 32.1. The van der Waals surface area contributed by atoms with E-state index in [0.717, 1.165) is 3.97 Å². The third-order valence-corrected chi connectivity index (χ3v) is 1.26. The second-order valence-electron chi connectivity index (χ2n) is 1.46. The molecule has 0 aromatic carbocycles. The first-order valence-electron chi connectivity index (χ1n) is 2.24. The molecular weight excluding hydrogens is 138 g/mol. The number of nitrogens with two attached hydrogens (primary N) is 1. The van der Waals surface area contributed by atoms with Gasteiger partial charge in [-0.3, -0.25) is 0 Å². The molecule has 9 heavy (non-hydrogen) atoms. The SMILES string of the molecule is Nc1ccnc(=O)n1S. The van der Waals surface area contributed by atoms with Crippen molar-refractivity contribution in [3.8, 4) is 0 Å². The minimum atomic E-state index is -0.460. The van der Waals surface area contributed by atoms with E-state index in [1.165, 1.54) is 12.3 Å². The molecule has 5 heteroatoms. The van der Waals surface area contributed by atoms with Gasteiger partial charge in [-0.1, -0.05) is 12.8 Å². The van der Waals surface area contributed by atoms with E-state index in [2.05, 4.69) is 17.8 Å². The summed E-state index contributed by atoms with van der Waals surface area (Å²) in [4.78, 5) is 13.9. The van der Waals surface area contributed by atoms with Crippen LogP contribution in [0.2, 0.25) is 0 Å². The van der Waals surface area contributed by atoms with Gasteiger partial charge in [0.1, 0.15) is 5.82 Å². The van der Waals surface area contributed by atoms with Gasteiger partial charge in [-0.05, 0) is 6.07 Å². The van der Waals surface area contributed by atoms with Crippen molar-refractivity contribution < 1.29 is 0 Å². The fourth-order valence-corrected chi connectivity index (χ4v) is 0.531. The number of rotatable bonds is 0. The van der Waals surface area contributed by atoms with Crippen molar-refractivity contribution in [1.29, 1.82) is 0 Å². The smallest absolute Gasteiger partial charge is 0.359 e. The molecule has 0 atom stereocenters. The van der Waals surface area contributed by atoms with E-state index in [4.69, 9.17) is 5.73 Å². The quantitative estimate of drug-likeness (QED) is 0.482. The molecule has 0 unspecified atom stereocenters. The summed E-state index contributed by atoms with van der Waals surface area (Å²) in [6.07, 6.45) is 1.34.